The number of hydrogen-bond donors (Lipinski definition) is 0. The fourth-order valence-electron chi connectivity index (χ4n) is 3.67. The first-order valence-electron chi connectivity index (χ1n) is 8.82. The molecule has 0 heterocycles. The largest absolute Gasteiger partial charge is 0.0623 e. The number of hydrogen-bond acceptors (Lipinski definition) is 0. The van der Waals surface area contributed by atoms with Crippen molar-refractivity contribution in [3.8, 4) is 11.1 Å². The van der Waals surface area contributed by atoms with Crippen molar-refractivity contribution in [1.29, 1.82) is 0 Å². The highest BCUT2D eigenvalue weighted by molar-refractivity contribution is 9.10. The van der Waals surface area contributed by atoms with E-state index in [4.69, 9.17) is 1.37 Å². The molecule has 0 saturated carbocycles. The van der Waals surface area contributed by atoms with Crippen molar-refractivity contribution in [3.05, 3.63) is 95.4 Å². The van der Waals surface area contributed by atoms with Crippen molar-refractivity contribution in [2.75, 3.05) is 0 Å². The Balaban J connectivity index is 1.93. The fourth-order valence-corrected chi connectivity index (χ4v) is 4.36. The molecule has 0 nitrogen and oxygen atoms in total. The van der Waals surface area contributed by atoms with E-state index in [1.165, 1.54) is 32.7 Å². The zero-order valence-corrected chi connectivity index (χ0v) is 15.0. The molecule has 0 bridgehead atoms. The summed E-state index contributed by atoms with van der Waals surface area (Å²) in [7, 11) is 0. The van der Waals surface area contributed by atoms with Crippen LogP contribution in [0.15, 0.2) is 95.4 Å². The van der Waals surface area contributed by atoms with E-state index in [0.29, 0.717) is 6.04 Å². The van der Waals surface area contributed by atoms with E-state index in [9.17, 15) is 0 Å². The number of benzene rings is 5. The van der Waals surface area contributed by atoms with Gasteiger partial charge in [0, 0.05) is 4.47 Å². The first kappa shape index (κ1) is 13.6. The van der Waals surface area contributed by atoms with E-state index in [2.05, 4.69) is 82.7 Å². The van der Waals surface area contributed by atoms with Gasteiger partial charge in [0.2, 0.25) is 0 Å². The summed E-state index contributed by atoms with van der Waals surface area (Å²) in [5, 5.41) is 7.20. The number of halogens is 1. The lowest BCUT2D eigenvalue weighted by molar-refractivity contribution is 1.69. The lowest BCUT2D eigenvalue weighted by Gasteiger charge is -2.15. The smallest absolute Gasteiger partial charge is 0.0616 e. The molecule has 0 aliphatic carbocycles. The molecular weight excluding hydrogens is 368 g/mol. The predicted octanol–water partition coefficient (Wildman–Crippen LogP) is 7.58. The Kier molecular flexibility index (Phi) is 3.12. The third kappa shape index (κ3) is 2.27. The Hall–Kier alpha value is -2.64. The van der Waals surface area contributed by atoms with Gasteiger partial charge in [-0.3, -0.25) is 0 Å². The van der Waals surface area contributed by atoms with Gasteiger partial charge in [-0.25, -0.2) is 0 Å². The van der Waals surface area contributed by atoms with Gasteiger partial charge in [-0.15, -0.1) is 0 Å². The molecule has 5 rings (SSSR count). The van der Waals surface area contributed by atoms with Crippen LogP contribution in [0.4, 0.5) is 0 Å². The Morgan fingerprint density at radius 1 is 0.600 bits per heavy atom. The third-order valence-corrected chi connectivity index (χ3v) is 5.69. The summed E-state index contributed by atoms with van der Waals surface area (Å²) in [5.74, 6) is 0. The standard InChI is InChI=1S/C24H15Br/c25-24-21-11-5-3-9-19(21)23(20-10-4-6-12-22(20)24)18-14-13-16-7-1-2-8-17(16)15-18/h1-15H/i1D. The predicted molar refractivity (Wildman–Crippen MR) is 112 cm³/mol. The van der Waals surface area contributed by atoms with Crippen molar-refractivity contribution in [2.45, 2.75) is 0 Å². The lowest BCUT2D eigenvalue weighted by Crippen LogP contribution is -1.87. The summed E-state index contributed by atoms with van der Waals surface area (Å²) in [6.07, 6.45) is 0. The van der Waals surface area contributed by atoms with Gasteiger partial charge in [0.15, 0.2) is 0 Å². The third-order valence-electron chi connectivity index (χ3n) is 4.84. The number of fused-ring (bicyclic) bond motifs is 3. The maximum atomic E-state index is 7.83. The molecule has 5 aromatic rings. The van der Waals surface area contributed by atoms with Crippen LogP contribution in [0, 0.1) is 0 Å². The Bertz CT molecular complexity index is 1250. The van der Waals surface area contributed by atoms with Crippen LogP contribution in [-0.4, -0.2) is 0 Å². The van der Waals surface area contributed by atoms with Gasteiger partial charge in [0.05, 0.1) is 1.37 Å². The van der Waals surface area contributed by atoms with E-state index < -0.39 is 0 Å². The molecule has 0 atom stereocenters. The molecular formula is C24H15Br. The van der Waals surface area contributed by atoms with Crippen LogP contribution in [-0.2, 0) is 0 Å². The monoisotopic (exact) mass is 383 g/mol. The SMILES string of the molecule is [2H]c1ccc2cc(-c3c4ccccc4c(Br)c4ccccc34)ccc2c1. The number of rotatable bonds is 1. The molecule has 118 valence electrons. The van der Waals surface area contributed by atoms with Crippen molar-refractivity contribution >= 4 is 48.2 Å². The van der Waals surface area contributed by atoms with E-state index in [1.807, 2.05) is 18.2 Å². The van der Waals surface area contributed by atoms with Crippen molar-refractivity contribution < 1.29 is 1.37 Å². The van der Waals surface area contributed by atoms with Gasteiger partial charge in [0.1, 0.15) is 0 Å². The molecule has 0 fully saturated rings. The van der Waals surface area contributed by atoms with E-state index in [1.54, 1.807) is 0 Å². The molecule has 25 heavy (non-hydrogen) atoms. The fraction of sp³-hybridized carbons (Fsp3) is 0. The van der Waals surface area contributed by atoms with Crippen LogP contribution in [0.5, 0.6) is 0 Å². The average Bonchev–Trinajstić information content (AvgIpc) is 2.68. The summed E-state index contributed by atoms with van der Waals surface area (Å²) in [6, 6.07) is 30.0. The van der Waals surface area contributed by atoms with Crippen molar-refractivity contribution in [2.24, 2.45) is 0 Å². The van der Waals surface area contributed by atoms with Crippen LogP contribution in [0.3, 0.4) is 0 Å². The Morgan fingerprint density at radius 3 is 1.92 bits per heavy atom. The van der Waals surface area contributed by atoms with Crippen LogP contribution >= 0.6 is 15.9 Å². The second kappa shape index (κ2) is 5.72. The van der Waals surface area contributed by atoms with Crippen LogP contribution in [0.2, 0.25) is 0 Å². The van der Waals surface area contributed by atoms with Gasteiger partial charge in [-0.1, -0.05) is 84.9 Å². The quantitative estimate of drug-likeness (QED) is 0.261. The highest BCUT2D eigenvalue weighted by Gasteiger charge is 2.13. The van der Waals surface area contributed by atoms with Crippen LogP contribution in [0.1, 0.15) is 1.37 Å². The van der Waals surface area contributed by atoms with E-state index >= 15 is 0 Å². The van der Waals surface area contributed by atoms with Crippen molar-refractivity contribution in [1.82, 2.24) is 0 Å². The molecule has 0 amide bonds. The van der Waals surface area contributed by atoms with E-state index in [0.717, 1.165) is 15.2 Å². The molecule has 0 unspecified atom stereocenters. The Morgan fingerprint density at radius 2 is 1.24 bits per heavy atom. The molecule has 0 spiro atoms. The van der Waals surface area contributed by atoms with Gasteiger partial charge < -0.3 is 0 Å². The summed E-state index contributed by atoms with van der Waals surface area (Å²) >= 11 is 3.82. The van der Waals surface area contributed by atoms with E-state index in [-0.39, 0.29) is 0 Å². The maximum absolute atomic E-state index is 7.83. The summed E-state index contributed by atoms with van der Waals surface area (Å²) in [5.41, 5.74) is 2.46. The van der Waals surface area contributed by atoms with Gasteiger partial charge in [-0.05, 0) is 65.4 Å². The molecule has 5 aromatic carbocycles. The minimum absolute atomic E-state index is 0.546. The maximum Gasteiger partial charge on any atom is 0.0623 e. The second-order valence-electron chi connectivity index (χ2n) is 6.27. The second-order valence-corrected chi connectivity index (χ2v) is 7.06. The normalized spacial score (nSPS) is 12.0. The van der Waals surface area contributed by atoms with Crippen LogP contribution in [0.25, 0.3) is 43.4 Å². The minimum atomic E-state index is 0.546. The van der Waals surface area contributed by atoms with Crippen molar-refractivity contribution in [3.63, 3.8) is 0 Å². The molecule has 1 heteroatoms. The molecule has 0 N–H and O–H groups in total. The molecule has 0 aliphatic heterocycles. The minimum Gasteiger partial charge on any atom is -0.0616 e. The zero-order valence-electron chi connectivity index (χ0n) is 14.5. The van der Waals surface area contributed by atoms with Crippen LogP contribution < -0.4 is 0 Å². The molecule has 0 aliphatic rings. The summed E-state index contributed by atoms with van der Waals surface area (Å²) in [4.78, 5) is 0. The first-order chi connectivity index (χ1) is 12.7. The Labute approximate surface area is 156 Å². The van der Waals surface area contributed by atoms with Gasteiger partial charge >= 0.3 is 0 Å². The highest BCUT2D eigenvalue weighted by atomic mass is 79.9. The first-order valence-corrected chi connectivity index (χ1v) is 9.11. The average molecular weight is 384 g/mol. The lowest BCUT2D eigenvalue weighted by atomic mass is 9.91. The highest BCUT2D eigenvalue weighted by Crippen LogP contribution is 2.41. The topological polar surface area (TPSA) is 0 Å². The summed E-state index contributed by atoms with van der Waals surface area (Å²) < 4.78 is 8.97. The van der Waals surface area contributed by atoms with Gasteiger partial charge in [0.25, 0.3) is 0 Å². The zero-order chi connectivity index (χ0) is 17.7. The molecule has 0 radical (unpaired) electrons. The molecule has 0 aromatic heterocycles. The summed E-state index contributed by atoms with van der Waals surface area (Å²) in [6.45, 7) is 0. The molecule has 0 saturated heterocycles. The van der Waals surface area contributed by atoms with Gasteiger partial charge in [-0.2, -0.15) is 0 Å².